The molecule has 7 nitrogen and oxygen atoms in total. The molecule has 0 aliphatic carbocycles. The molecule has 0 fully saturated rings. The lowest BCUT2D eigenvalue weighted by molar-refractivity contribution is 0.0819. The number of fused-ring (bicyclic) bond motifs is 1. The molecule has 144 valence electrons. The summed E-state index contributed by atoms with van der Waals surface area (Å²) >= 11 is 0. The Kier molecular flexibility index (Phi) is 5.03. The van der Waals surface area contributed by atoms with Crippen LogP contribution in [-0.4, -0.2) is 43.9 Å². The highest BCUT2D eigenvalue weighted by atomic mass is 16.5. The van der Waals surface area contributed by atoms with Crippen LogP contribution in [0.2, 0.25) is 0 Å². The van der Waals surface area contributed by atoms with E-state index in [9.17, 15) is 15.0 Å². The molecule has 7 heteroatoms. The van der Waals surface area contributed by atoms with E-state index in [2.05, 4.69) is 0 Å². The lowest BCUT2D eigenvalue weighted by Gasteiger charge is -2.28. The molecule has 1 aliphatic rings. The van der Waals surface area contributed by atoms with E-state index < -0.39 is 5.92 Å². The highest BCUT2D eigenvalue weighted by Gasteiger charge is 2.37. The number of ether oxygens (including phenoxy) is 4. The van der Waals surface area contributed by atoms with Gasteiger partial charge in [-0.1, -0.05) is 6.07 Å². The van der Waals surface area contributed by atoms with E-state index in [1.54, 1.807) is 19.1 Å². The van der Waals surface area contributed by atoms with E-state index in [1.165, 1.54) is 27.4 Å². The van der Waals surface area contributed by atoms with Gasteiger partial charge >= 0.3 is 0 Å². The molecule has 1 atom stereocenters. The van der Waals surface area contributed by atoms with Crippen LogP contribution >= 0.6 is 0 Å². The van der Waals surface area contributed by atoms with Gasteiger partial charge < -0.3 is 29.2 Å². The largest absolute Gasteiger partial charge is 0.508 e. The molecule has 2 aromatic carbocycles. The third-order valence-electron chi connectivity index (χ3n) is 4.78. The minimum absolute atomic E-state index is 0.0550. The molecular weight excluding hydrogens is 352 g/mol. The SMILES string of the molecule is COc1ccc(CC2COc3c(OC)c(O)c(C)c(OC)c3C2=O)c(O)c1. The Morgan fingerprint density at radius 3 is 2.41 bits per heavy atom. The Balaban J connectivity index is 2.00. The Labute approximate surface area is 157 Å². The maximum atomic E-state index is 13.2. The van der Waals surface area contributed by atoms with Crippen LogP contribution in [0.5, 0.6) is 34.5 Å². The van der Waals surface area contributed by atoms with Crippen LogP contribution in [0.1, 0.15) is 21.5 Å². The summed E-state index contributed by atoms with van der Waals surface area (Å²) in [5, 5.41) is 20.5. The van der Waals surface area contributed by atoms with E-state index in [4.69, 9.17) is 18.9 Å². The fraction of sp³-hybridized carbons (Fsp3) is 0.350. The predicted octanol–water partition coefficient (Wildman–Crippen LogP) is 2.87. The number of Topliss-reactive ketones (excluding diaryl/α,β-unsaturated/α-hetero) is 1. The van der Waals surface area contributed by atoms with Gasteiger partial charge in [0.25, 0.3) is 0 Å². The highest BCUT2D eigenvalue weighted by Crippen LogP contribution is 2.50. The van der Waals surface area contributed by atoms with E-state index in [0.29, 0.717) is 23.3 Å². The Hall–Kier alpha value is -3.09. The van der Waals surface area contributed by atoms with Gasteiger partial charge in [-0.15, -0.1) is 0 Å². The summed E-state index contributed by atoms with van der Waals surface area (Å²) in [6, 6.07) is 4.95. The van der Waals surface area contributed by atoms with Gasteiger partial charge in [0.1, 0.15) is 22.8 Å². The molecule has 2 aromatic rings. The molecule has 0 radical (unpaired) electrons. The number of phenolic OH excluding ortho intramolecular Hbond substituents is 2. The van der Waals surface area contributed by atoms with Crippen LogP contribution in [-0.2, 0) is 6.42 Å². The van der Waals surface area contributed by atoms with Crippen molar-refractivity contribution in [2.45, 2.75) is 13.3 Å². The summed E-state index contributed by atoms with van der Waals surface area (Å²) in [4.78, 5) is 13.2. The first-order valence-corrected chi connectivity index (χ1v) is 8.43. The normalized spacial score (nSPS) is 15.7. The molecular formula is C20H22O7. The number of methoxy groups -OCH3 is 3. The predicted molar refractivity (Wildman–Crippen MR) is 97.6 cm³/mol. The fourth-order valence-corrected chi connectivity index (χ4v) is 3.32. The second kappa shape index (κ2) is 7.26. The maximum absolute atomic E-state index is 13.2. The summed E-state index contributed by atoms with van der Waals surface area (Å²) in [5.41, 5.74) is 1.26. The highest BCUT2D eigenvalue weighted by molar-refractivity contribution is 6.05. The number of rotatable bonds is 5. The molecule has 1 aliphatic heterocycles. The summed E-state index contributed by atoms with van der Waals surface area (Å²) in [6.07, 6.45) is 0.291. The van der Waals surface area contributed by atoms with Gasteiger partial charge in [-0.25, -0.2) is 0 Å². The minimum Gasteiger partial charge on any atom is -0.508 e. The average Bonchev–Trinajstić information content (AvgIpc) is 2.67. The standard InChI is InChI=1S/C20H22O7/c1-10-16(22)20(26-4)19-15(18(10)25-3)17(23)12(9-27-19)7-11-5-6-13(24-2)8-14(11)21/h5-6,8,12,21-22H,7,9H2,1-4H3. The molecule has 0 aromatic heterocycles. The Morgan fingerprint density at radius 2 is 1.81 bits per heavy atom. The van der Waals surface area contributed by atoms with Crippen LogP contribution < -0.4 is 18.9 Å². The molecule has 3 rings (SSSR count). The number of aromatic hydroxyl groups is 2. The van der Waals surface area contributed by atoms with Crippen LogP contribution in [0.3, 0.4) is 0 Å². The minimum atomic E-state index is -0.514. The summed E-state index contributed by atoms with van der Waals surface area (Å²) in [7, 11) is 4.35. The second-order valence-corrected chi connectivity index (χ2v) is 6.32. The molecule has 0 saturated heterocycles. The number of phenols is 2. The number of benzene rings is 2. The van der Waals surface area contributed by atoms with Crippen LogP contribution in [0.15, 0.2) is 18.2 Å². The number of ketones is 1. The van der Waals surface area contributed by atoms with Gasteiger partial charge in [-0.05, 0) is 25.0 Å². The van der Waals surface area contributed by atoms with Crippen molar-refractivity contribution in [2.24, 2.45) is 5.92 Å². The molecule has 0 bridgehead atoms. The van der Waals surface area contributed by atoms with E-state index >= 15 is 0 Å². The number of carbonyl (C=O) groups is 1. The van der Waals surface area contributed by atoms with Crippen LogP contribution in [0.4, 0.5) is 0 Å². The first kappa shape index (κ1) is 18.7. The smallest absolute Gasteiger partial charge is 0.204 e. The van der Waals surface area contributed by atoms with Gasteiger partial charge in [0, 0.05) is 11.6 Å². The van der Waals surface area contributed by atoms with Crippen molar-refractivity contribution >= 4 is 5.78 Å². The molecule has 1 unspecified atom stereocenters. The van der Waals surface area contributed by atoms with E-state index in [-0.39, 0.29) is 46.7 Å². The molecule has 0 spiro atoms. The molecule has 0 amide bonds. The maximum Gasteiger partial charge on any atom is 0.204 e. The zero-order chi connectivity index (χ0) is 19.7. The van der Waals surface area contributed by atoms with Crippen molar-refractivity contribution in [1.29, 1.82) is 0 Å². The lowest BCUT2D eigenvalue weighted by atomic mass is 9.87. The summed E-state index contributed by atoms with van der Waals surface area (Å²) < 4.78 is 21.5. The van der Waals surface area contributed by atoms with Crippen molar-refractivity contribution in [3.63, 3.8) is 0 Å². The topological polar surface area (TPSA) is 94.5 Å². The van der Waals surface area contributed by atoms with Crippen LogP contribution in [0, 0.1) is 12.8 Å². The molecule has 0 saturated carbocycles. The average molecular weight is 374 g/mol. The van der Waals surface area contributed by atoms with Gasteiger partial charge in [0.15, 0.2) is 17.3 Å². The number of hydrogen-bond acceptors (Lipinski definition) is 7. The third kappa shape index (κ3) is 3.09. The second-order valence-electron chi connectivity index (χ2n) is 6.32. The Morgan fingerprint density at radius 1 is 1.11 bits per heavy atom. The zero-order valence-corrected chi connectivity index (χ0v) is 15.7. The Bertz CT molecular complexity index is 889. The van der Waals surface area contributed by atoms with E-state index in [0.717, 1.165) is 0 Å². The van der Waals surface area contributed by atoms with Crippen molar-refractivity contribution in [3.8, 4) is 34.5 Å². The summed E-state index contributed by atoms with van der Waals surface area (Å²) in [5.74, 6) is 0.318. The van der Waals surface area contributed by atoms with Crippen molar-refractivity contribution in [1.82, 2.24) is 0 Å². The van der Waals surface area contributed by atoms with Gasteiger partial charge in [-0.2, -0.15) is 0 Å². The van der Waals surface area contributed by atoms with E-state index in [1.807, 2.05) is 0 Å². The van der Waals surface area contributed by atoms with Gasteiger partial charge in [0.2, 0.25) is 5.75 Å². The third-order valence-corrected chi connectivity index (χ3v) is 4.78. The number of carbonyl (C=O) groups excluding carboxylic acids is 1. The molecule has 27 heavy (non-hydrogen) atoms. The quantitative estimate of drug-likeness (QED) is 0.831. The zero-order valence-electron chi connectivity index (χ0n) is 15.7. The van der Waals surface area contributed by atoms with Crippen molar-refractivity contribution in [3.05, 3.63) is 34.9 Å². The lowest BCUT2D eigenvalue weighted by Crippen LogP contribution is -2.30. The molecule has 1 heterocycles. The molecule has 2 N–H and O–H groups in total. The van der Waals surface area contributed by atoms with Crippen molar-refractivity contribution in [2.75, 3.05) is 27.9 Å². The summed E-state index contributed by atoms with van der Waals surface area (Å²) in [6.45, 7) is 1.74. The first-order valence-electron chi connectivity index (χ1n) is 8.43. The van der Waals surface area contributed by atoms with Gasteiger partial charge in [-0.3, -0.25) is 4.79 Å². The fourth-order valence-electron chi connectivity index (χ4n) is 3.32. The van der Waals surface area contributed by atoms with Crippen molar-refractivity contribution < 1.29 is 34.0 Å². The number of hydrogen-bond donors (Lipinski definition) is 2. The monoisotopic (exact) mass is 374 g/mol. The first-order chi connectivity index (χ1) is 12.9. The van der Waals surface area contributed by atoms with Gasteiger partial charge in [0.05, 0.1) is 33.9 Å². The van der Waals surface area contributed by atoms with Crippen LogP contribution in [0.25, 0.3) is 0 Å².